The Hall–Kier alpha value is -1.77. The van der Waals surface area contributed by atoms with Gasteiger partial charge in [-0.05, 0) is 100 Å². The zero-order valence-corrected chi connectivity index (χ0v) is 16.2. The van der Waals surface area contributed by atoms with Crippen molar-refractivity contribution in [2.24, 2.45) is 23.2 Å². The number of amides is 1. The number of aryl methyl sites for hydroxylation is 2. The smallest absolute Gasteiger partial charge is 0.268 e. The van der Waals surface area contributed by atoms with E-state index >= 15 is 0 Å². The maximum absolute atomic E-state index is 13.1. The van der Waals surface area contributed by atoms with E-state index in [2.05, 4.69) is 49.3 Å². The van der Waals surface area contributed by atoms with Crippen LogP contribution in [0, 0.1) is 37.0 Å². The highest BCUT2D eigenvalue weighted by Gasteiger charge is 2.53. The van der Waals surface area contributed by atoms with Gasteiger partial charge in [-0.1, -0.05) is 11.6 Å². The number of aromatic nitrogens is 1. The van der Waals surface area contributed by atoms with Crippen molar-refractivity contribution in [2.75, 3.05) is 0 Å². The molecular formula is C23H30N2O. The van der Waals surface area contributed by atoms with Crippen LogP contribution < -0.4 is 5.32 Å². The molecule has 3 nitrogen and oxygen atoms in total. The van der Waals surface area contributed by atoms with Gasteiger partial charge >= 0.3 is 0 Å². The van der Waals surface area contributed by atoms with Crippen LogP contribution in [-0.2, 0) is 0 Å². The van der Waals surface area contributed by atoms with Crippen LogP contribution in [0.1, 0.15) is 67.1 Å². The first-order valence-corrected chi connectivity index (χ1v) is 10.3. The van der Waals surface area contributed by atoms with Gasteiger partial charge in [0.25, 0.3) is 5.91 Å². The second-order valence-corrected chi connectivity index (χ2v) is 9.65. The first kappa shape index (κ1) is 16.4. The Labute approximate surface area is 155 Å². The molecule has 0 saturated heterocycles. The molecule has 0 spiro atoms. The van der Waals surface area contributed by atoms with E-state index in [1.165, 1.54) is 44.1 Å². The minimum Gasteiger partial charge on any atom is -0.350 e. The lowest BCUT2D eigenvalue weighted by molar-refractivity contribution is -0.0688. The van der Waals surface area contributed by atoms with Crippen molar-refractivity contribution in [1.82, 2.24) is 10.3 Å². The molecule has 1 aromatic heterocycles. The van der Waals surface area contributed by atoms with Crippen molar-refractivity contribution in [3.63, 3.8) is 0 Å². The largest absolute Gasteiger partial charge is 0.350 e. The Morgan fingerprint density at radius 2 is 1.73 bits per heavy atom. The third kappa shape index (κ3) is 2.43. The minimum atomic E-state index is 0.0691. The Balaban J connectivity index is 1.39. The molecule has 1 amide bonds. The third-order valence-corrected chi connectivity index (χ3v) is 7.79. The molecule has 26 heavy (non-hydrogen) atoms. The van der Waals surface area contributed by atoms with Crippen molar-refractivity contribution in [1.29, 1.82) is 0 Å². The van der Waals surface area contributed by atoms with E-state index in [4.69, 9.17) is 0 Å². The summed E-state index contributed by atoms with van der Waals surface area (Å²) in [6.07, 6.45) is 8.31. The van der Waals surface area contributed by atoms with E-state index in [0.717, 1.165) is 39.9 Å². The molecule has 138 valence electrons. The Morgan fingerprint density at radius 1 is 1.12 bits per heavy atom. The molecule has 4 aliphatic rings. The van der Waals surface area contributed by atoms with Crippen molar-refractivity contribution >= 4 is 16.8 Å². The average molecular weight is 351 g/mol. The third-order valence-electron chi connectivity index (χ3n) is 7.79. The number of benzene rings is 1. The lowest BCUT2D eigenvalue weighted by Gasteiger charge is -2.59. The number of carbonyl (C=O) groups excluding carboxylic acids is 1. The van der Waals surface area contributed by atoms with Crippen LogP contribution in [0.4, 0.5) is 0 Å². The minimum absolute atomic E-state index is 0.0691. The molecule has 4 saturated carbocycles. The molecule has 0 aliphatic heterocycles. The van der Waals surface area contributed by atoms with Gasteiger partial charge in [0.15, 0.2) is 0 Å². The first-order valence-electron chi connectivity index (χ1n) is 10.3. The fourth-order valence-corrected chi connectivity index (χ4v) is 6.80. The van der Waals surface area contributed by atoms with E-state index < -0.39 is 0 Å². The monoisotopic (exact) mass is 350 g/mol. The standard InChI is InChI=1S/C23H30N2O/c1-13-4-5-20-19(6-13)14(2)21(25-20)22(26)24-15(3)23-10-16-7-17(11-23)9-18(8-16)12-23/h4-6,15-18,25H,7-12H2,1-3H3,(H,24,26). The Bertz CT molecular complexity index is 842. The fraction of sp³-hybridized carbons (Fsp3) is 0.609. The normalized spacial score (nSPS) is 33.6. The predicted molar refractivity (Wildman–Crippen MR) is 105 cm³/mol. The van der Waals surface area contributed by atoms with Crippen molar-refractivity contribution in [3.05, 3.63) is 35.0 Å². The van der Waals surface area contributed by atoms with E-state index in [9.17, 15) is 4.79 Å². The highest BCUT2D eigenvalue weighted by molar-refractivity contribution is 6.01. The summed E-state index contributed by atoms with van der Waals surface area (Å²) in [4.78, 5) is 16.4. The van der Waals surface area contributed by atoms with Gasteiger partial charge in [-0.3, -0.25) is 4.79 Å². The quantitative estimate of drug-likeness (QED) is 0.793. The van der Waals surface area contributed by atoms with Crippen LogP contribution in [0.2, 0.25) is 0 Å². The van der Waals surface area contributed by atoms with E-state index in [1.54, 1.807) is 0 Å². The molecule has 1 atom stereocenters. The molecule has 4 aliphatic carbocycles. The fourth-order valence-electron chi connectivity index (χ4n) is 6.80. The average Bonchev–Trinajstić information content (AvgIpc) is 2.90. The van der Waals surface area contributed by atoms with Gasteiger partial charge in [-0.2, -0.15) is 0 Å². The van der Waals surface area contributed by atoms with Crippen LogP contribution >= 0.6 is 0 Å². The van der Waals surface area contributed by atoms with Gasteiger partial charge in [0, 0.05) is 16.9 Å². The van der Waals surface area contributed by atoms with Crippen molar-refractivity contribution in [3.8, 4) is 0 Å². The molecule has 6 rings (SSSR count). The van der Waals surface area contributed by atoms with Gasteiger partial charge in [-0.25, -0.2) is 0 Å². The molecule has 2 N–H and O–H groups in total. The summed E-state index contributed by atoms with van der Waals surface area (Å²) in [5, 5.41) is 4.56. The van der Waals surface area contributed by atoms with Gasteiger partial charge < -0.3 is 10.3 Å². The second kappa shape index (κ2) is 5.61. The number of fused-ring (bicyclic) bond motifs is 1. The summed E-state index contributed by atoms with van der Waals surface area (Å²) < 4.78 is 0. The maximum atomic E-state index is 13.1. The molecular weight excluding hydrogens is 320 g/mol. The zero-order chi connectivity index (χ0) is 18.1. The lowest BCUT2D eigenvalue weighted by Crippen LogP contribution is -2.55. The summed E-state index contributed by atoms with van der Waals surface area (Å²) in [5.74, 6) is 2.81. The predicted octanol–water partition coefficient (Wildman–Crippen LogP) is 5.12. The topological polar surface area (TPSA) is 44.9 Å². The molecule has 2 aromatic rings. The molecule has 1 unspecified atom stereocenters. The van der Waals surface area contributed by atoms with Crippen molar-refractivity contribution in [2.45, 2.75) is 65.3 Å². The highest BCUT2D eigenvalue weighted by atomic mass is 16.2. The summed E-state index contributed by atoms with van der Waals surface area (Å²) >= 11 is 0. The molecule has 1 heterocycles. The van der Waals surface area contributed by atoms with Crippen LogP contribution in [0.15, 0.2) is 18.2 Å². The number of H-pyrrole nitrogens is 1. The van der Waals surface area contributed by atoms with Crippen molar-refractivity contribution < 1.29 is 4.79 Å². The van der Waals surface area contributed by atoms with Gasteiger partial charge in [-0.15, -0.1) is 0 Å². The number of carbonyl (C=O) groups is 1. The van der Waals surface area contributed by atoms with E-state index in [0.29, 0.717) is 5.41 Å². The van der Waals surface area contributed by atoms with Crippen LogP contribution in [0.25, 0.3) is 10.9 Å². The summed E-state index contributed by atoms with van der Waals surface area (Å²) in [6.45, 7) is 6.41. The van der Waals surface area contributed by atoms with Gasteiger partial charge in [0.1, 0.15) is 5.69 Å². The van der Waals surface area contributed by atoms with E-state index in [-0.39, 0.29) is 11.9 Å². The Kier molecular flexibility index (Phi) is 3.54. The summed E-state index contributed by atoms with van der Waals surface area (Å²) in [5.41, 5.74) is 4.44. The number of hydrogen-bond acceptors (Lipinski definition) is 1. The maximum Gasteiger partial charge on any atom is 0.268 e. The number of rotatable bonds is 3. The highest BCUT2D eigenvalue weighted by Crippen LogP contribution is 2.61. The molecule has 0 radical (unpaired) electrons. The van der Waals surface area contributed by atoms with Crippen LogP contribution in [-0.4, -0.2) is 16.9 Å². The number of aromatic amines is 1. The molecule has 4 bridgehead atoms. The molecule has 4 fully saturated rings. The SMILES string of the molecule is Cc1ccc2[nH]c(C(=O)NC(C)C34CC5CC(CC(C5)C3)C4)c(C)c2c1. The van der Waals surface area contributed by atoms with E-state index in [1.807, 2.05) is 0 Å². The number of hydrogen-bond donors (Lipinski definition) is 2. The van der Waals surface area contributed by atoms with Crippen LogP contribution in [0.3, 0.4) is 0 Å². The summed E-state index contributed by atoms with van der Waals surface area (Å²) in [6, 6.07) is 6.60. The molecule has 3 heteroatoms. The molecule has 1 aromatic carbocycles. The first-order chi connectivity index (χ1) is 12.4. The van der Waals surface area contributed by atoms with Gasteiger partial charge in [0.2, 0.25) is 0 Å². The van der Waals surface area contributed by atoms with Gasteiger partial charge in [0.05, 0.1) is 0 Å². The number of nitrogens with one attached hydrogen (secondary N) is 2. The summed E-state index contributed by atoms with van der Waals surface area (Å²) in [7, 11) is 0. The lowest BCUT2D eigenvalue weighted by atomic mass is 9.48. The Morgan fingerprint density at radius 3 is 2.35 bits per heavy atom. The zero-order valence-electron chi connectivity index (χ0n) is 16.2. The second-order valence-electron chi connectivity index (χ2n) is 9.65. The van der Waals surface area contributed by atoms with Crippen LogP contribution in [0.5, 0.6) is 0 Å².